The van der Waals surface area contributed by atoms with E-state index in [9.17, 15) is 0 Å². The maximum atomic E-state index is 4.81. The maximum absolute atomic E-state index is 4.81. The van der Waals surface area contributed by atoms with E-state index in [1.807, 2.05) is 24.3 Å². The van der Waals surface area contributed by atoms with Gasteiger partial charge in [-0.3, -0.25) is 4.89 Å². The van der Waals surface area contributed by atoms with Gasteiger partial charge in [0.2, 0.25) is 6.11 Å². The summed E-state index contributed by atoms with van der Waals surface area (Å²) in [6.07, 6.45) is 5.42. The molecule has 0 unspecified atom stereocenters. The quantitative estimate of drug-likeness (QED) is 0.466. The summed E-state index contributed by atoms with van der Waals surface area (Å²) in [6.45, 7) is 2.09. The van der Waals surface area contributed by atoms with E-state index < -0.39 is 0 Å². The second kappa shape index (κ2) is 6.57. The van der Waals surface area contributed by atoms with E-state index in [1.54, 1.807) is 0 Å². The van der Waals surface area contributed by atoms with Crippen molar-refractivity contribution in [2.75, 3.05) is 12.6 Å². The third-order valence-corrected chi connectivity index (χ3v) is 1.72. The molecular formula is C11H13NO3. The molecule has 0 heterocycles. The van der Waals surface area contributed by atoms with Crippen molar-refractivity contribution in [3.05, 3.63) is 29.8 Å². The van der Waals surface area contributed by atoms with Gasteiger partial charge in [0.25, 0.3) is 0 Å². The lowest BCUT2D eigenvalue weighted by molar-refractivity contribution is -0.210. The molecule has 0 fully saturated rings. The predicted molar refractivity (Wildman–Crippen MR) is 56.4 cm³/mol. The fraction of sp³-hybridized carbons (Fsp3) is 0.273. The zero-order valence-electron chi connectivity index (χ0n) is 8.74. The van der Waals surface area contributed by atoms with Crippen molar-refractivity contribution in [3.63, 3.8) is 0 Å². The third kappa shape index (κ3) is 4.25. The van der Waals surface area contributed by atoms with Crippen molar-refractivity contribution < 1.29 is 14.6 Å². The molecule has 0 radical (unpaired) electrons. The maximum Gasteiger partial charge on any atom is 0.203 e. The lowest BCUT2D eigenvalue weighted by atomic mass is 10.1. The summed E-state index contributed by atoms with van der Waals surface area (Å²) in [7, 11) is 1.37. The number of hydrogen-bond donors (Lipinski definition) is 1. The molecule has 0 aromatic heterocycles. The summed E-state index contributed by atoms with van der Waals surface area (Å²) in [5.74, 6) is 0. The van der Waals surface area contributed by atoms with E-state index >= 15 is 0 Å². The van der Waals surface area contributed by atoms with Gasteiger partial charge in [-0.05, 0) is 24.1 Å². The van der Waals surface area contributed by atoms with Crippen LogP contribution in [-0.2, 0) is 21.0 Å². The number of anilines is 1. The van der Waals surface area contributed by atoms with Crippen LogP contribution in [0, 0.1) is 12.2 Å². The fourth-order valence-electron chi connectivity index (χ4n) is 1.02. The number of nitrogens with one attached hydrogen (secondary N) is 1. The standard InChI is InChI=1S/C11H13NO3/c1-3-10-5-4-6-11(9-10)12-14-7-8-15-13-2/h4-6,9,12H,3H2,1-2H3. The van der Waals surface area contributed by atoms with Gasteiger partial charge in [0.15, 0.2) is 6.11 Å². The topological polar surface area (TPSA) is 39.7 Å². The van der Waals surface area contributed by atoms with Gasteiger partial charge in [0.05, 0.1) is 12.8 Å². The first kappa shape index (κ1) is 11.2. The normalized spacial score (nSPS) is 8.67. The molecule has 15 heavy (non-hydrogen) atoms. The van der Waals surface area contributed by atoms with Gasteiger partial charge < -0.3 is 4.84 Å². The Morgan fingerprint density at radius 2 is 2.20 bits per heavy atom. The number of aryl methyl sites for hydroxylation is 1. The molecule has 1 aromatic carbocycles. The highest BCUT2D eigenvalue weighted by Gasteiger charge is 1.92. The molecule has 0 spiro atoms. The molecular weight excluding hydrogens is 194 g/mol. The first-order valence-corrected chi connectivity index (χ1v) is 4.57. The molecule has 1 rings (SSSR count). The molecule has 1 N–H and O–H groups in total. The molecule has 0 bridgehead atoms. The Labute approximate surface area is 89.0 Å². The minimum Gasteiger partial charge on any atom is -0.325 e. The highest BCUT2D eigenvalue weighted by Crippen LogP contribution is 2.10. The number of benzene rings is 1. The summed E-state index contributed by atoms with van der Waals surface area (Å²) in [6, 6.07) is 7.87. The molecule has 0 aliphatic heterocycles. The van der Waals surface area contributed by atoms with E-state index in [0.29, 0.717) is 0 Å². The average molecular weight is 207 g/mol. The Balaban J connectivity index is 2.41. The van der Waals surface area contributed by atoms with Crippen molar-refractivity contribution in [2.45, 2.75) is 13.3 Å². The molecule has 80 valence electrons. The minimum absolute atomic E-state index is 0.848. The van der Waals surface area contributed by atoms with Crippen molar-refractivity contribution in [1.82, 2.24) is 0 Å². The largest absolute Gasteiger partial charge is 0.325 e. The van der Waals surface area contributed by atoms with E-state index in [1.165, 1.54) is 12.7 Å². The molecule has 4 heteroatoms. The van der Waals surface area contributed by atoms with Crippen LogP contribution in [0.25, 0.3) is 0 Å². The molecule has 0 aliphatic rings. The van der Waals surface area contributed by atoms with E-state index in [2.05, 4.69) is 34.4 Å². The summed E-state index contributed by atoms with van der Waals surface area (Å²) in [5.41, 5.74) is 4.74. The second-order valence-corrected chi connectivity index (χ2v) is 2.71. The van der Waals surface area contributed by atoms with Crippen LogP contribution < -0.4 is 5.48 Å². The minimum atomic E-state index is 0.848. The number of rotatable bonds is 4. The van der Waals surface area contributed by atoms with Gasteiger partial charge in [-0.15, -0.1) is 0 Å². The third-order valence-electron chi connectivity index (χ3n) is 1.72. The average Bonchev–Trinajstić information content (AvgIpc) is 2.29. The van der Waals surface area contributed by atoms with E-state index in [-0.39, 0.29) is 0 Å². The van der Waals surface area contributed by atoms with Gasteiger partial charge in [0, 0.05) is 0 Å². The molecule has 1 aromatic rings. The van der Waals surface area contributed by atoms with Crippen LogP contribution in [0.3, 0.4) is 0 Å². The van der Waals surface area contributed by atoms with Gasteiger partial charge in [-0.2, -0.15) is 4.89 Å². The number of hydrogen-bond acceptors (Lipinski definition) is 4. The SMILES string of the molecule is CCc1cccc(NOC#COOC)c1. The second-order valence-electron chi connectivity index (χ2n) is 2.71. The first-order valence-electron chi connectivity index (χ1n) is 4.57. The molecule has 0 saturated heterocycles. The summed E-state index contributed by atoms with van der Waals surface area (Å²) in [4.78, 5) is 13.3. The zero-order valence-corrected chi connectivity index (χ0v) is 8.74. The molecule has 0 amide bonds. The molecule has 0 aliphatic carbocycles. The highest BCUT2D eigenvalue weighted by atomic mass is 17.2. The van der Waals surface area contributed by atoms with Crippen LogP contribution in [0.15, 0.2) is 24.3 Å². The Morgan fingerprint density at radius 1 is 1.33 bits per heavy atom. The van der Waals surface area contributed by atoms with Crippen molar-refractivity contribution in [3.8, 4) is 12.2 Å². The van der Waals surface area contributed by atoms with Gasteiger partial charge in [-0.1, -0.05) is 19.1 Å². The van der Waals surface area contributed by atoms with Crippen LogP contribution in [-0.4, -0.2) is 7.11 Å². The van der Waals surface area contributed by atoms with Crippen LogP contribution in [0.5, 0.6) is 0 Å². The van der Waals surface area contributed by atoms with Crippen LogP contribution in [0.1, 0.15) is 12.5 Å². The smallest absolute Gasteiger partial charge is 0.203 e. The Kier molecular flexibility index (Phi) is 4.91. The molecule has 0 saturated carbocycles. The lowest BCUT2D eigenvalue weighted by Gasteiger charge is -2.03. The molecule has 4 nitrogen and oxygen atoms in total. The van der Waals surface area contributed by atoms with Crippen molar-refractivity contribution >= 4 is 5.69 Å². The van der Waals surface area contributed by atoms with Gasteiger partial charge >= 0.3 is 0 Å². The van der Waals surface area contributed by atoms with Gasteiger partial charge in [-0.25, -0.2) is 5.48 Å². The predicted octanol–water partition coefficient (Wildman–Crippen LogP) is 2.09. The summed E-state index contributed by atoms with van der Waals surface area (Å²) >= 11 is 0. The van der Waals surface area contributed by atoms with Crippen LogP contribution in [0.4, 0.5) is 5.69 Å². The monoisotopic (exact) mass is 207 g/mol. The van der Waals surface area contributed by atoms with E-state index in [4.69, 9.17) is 4.84 Å². The summed E-state index contributed by atoms with van der Waals surface area (Å²) < 4.78 is 0. The van der Waals surface area contributed by atoms with E-state index in [0.717, 1.165) is 12.1 Å². The zero-order chi connectivity index (χ0) is 10.9. The van der Waals surface area contributed by atoms with Crippen molar-refractivity contribution in [2.24, 2.45) is 0 Å². The van der Waals surface area contributed by atoms with Gasteiger partial charge in [0.1, 0.15) is 0 Å². The Hall–Kier alpha value is -1.86. The first-order chi connectivity index (χ1) is 7.36. The van der Waals surface area contributed by atoms with Crippen LogP contribution >= 0.6 is 0 Å². The fourth-order valence-corrected chi connectivity index (χ4v) is 1.02. The van der Waals surface area contributed by atoms with Crippen molar-refractivity contribution in [1.29, 1.82) is 0 Å². The Bertz CT molecular complexity index is 354. The summed E-state index contributed by atoms with van der Waals surface area (Å²) in [5, 5.41) is 0. The highest BCUT2D eigenvalue weighted by molar-refractivity contribution is 5.44. The Morgan fingerprint density at radius 3 is 2.93 bits per heavy atom. The van der Waals surface area contributed by atoms with Crippen LogP contribution in [0.2, 0.25) is 0 Å². The lowest BCUT2D eigenvalue weighted by Crippen LogP contribution is -1.96. The molecule has 0 atom stereocenters.